The van der Waals surface area contributed by atoms with Gasteiger partial charge in [-0.05, 0) is 49.1 Å². The van der Waals surface area contributed by atoms with E-state index in [-0.39, 0.29) is 5.91 Å². The van der Waals surface area contributed by atoms with Crippen LogP contribution in [0.25, 0.3) is 0 Å². The number of likely N-dealkylation sites (tertiary alicyclic amines) is 1. The highest BCUT2D eigenvalue weighted by molar-refractivity contribution is 5.79. The fraction of sp³-hybridized carbons (Fsp3) is 0.556. The highest BCUT2D eigenvalue weighted by Crippen LogP contribution is 2.34. The molecule has 0 bridgehead atoms. The van der Waals surface area contributed by atoms with Gasteiger partial charge in [-0.15, -0.1) is 0 Å². The van der Waals surface area contributed by atoms with Gasteiger partial charge in [0.05, 0.1) is 5.92 Å². The molecule has 1 N–H and O–H groups in total. The average molecular weight is 301 g/mol. The number of hydrogen-bond donors (Lipinski definition) is 1. The summed E-state index contributed by atoms with van der Waals surface area (Å²) in [5.74, 6) is -0.757. The summed E-state index contributed by atoms with van der Waals surface area (Å²) in [5, 5.41) is 9.15. The van der Waals surface area contributed by atoms with Crippen LogP contribution in [0.15, 0.2) is 24.3 Å². The number of rotatable bonds is 3. The molecule has 1 aromatic carbocycles. The number of fused-ring (bicyclic) bond motifs is 1. The predicted octanol–water partition coefficient (Wildman–Crippen LogP) is 2.82. The normalized spacial score (nSPS) is 24.6. The summed E-state index contributed by atoms with van der Waals surface area (Å²) < 4.78 is 0. The van der Waals surface area contributed by atoms with Crippen LogP contribution in [0.2, 0.25) is 0 Å². The zero-order valence-corrected chi connectivity index (χ0v) is 12.8. The van der Waals surface area contributed by atoms with E-state index in [4.69, 9.17) is 5.11 Å². The van der Waals surface area contributed by atoms with E-state index in [1.165, 1.54) is 11.1 Å². The Morgan fingerprint density at radius 3 is 2.82 bits per heavy atom. The highest BCUT2D eigenvalue weighted by Gasteiger charge is 2.30. The molecule has 0 saturated carbocycles. The third-order valence-corrected chi connectivity index (χ3v) is 5.04. The zero-order valence-electron chi connectivity index (χ0n) is 12.8. The highest BCUT2D eigenvalue weighted by atomic mass is 16.4. The van der Waals surface area contributed by atoms with E-state index in [2.05, 4.69) is 18.2 Å². The fourth-order valence-corrected chi connectivity index (χ4v) is 3.81. The first kappa shape index (κ1) is 15.1. The number of hydrogen-bond acceptors (Lipinski definition) is 2. The number of carboxylic acid groups (broad SMARTS) is 1. The van der Waals surface area contributed by atoms with Crippen LogP contribution < -0.4 is 0 Å². The molecule has 0 spiro atoms. The molecular weight excluding hydrogens is 278 g/mol. The van der Waals surface area contributed by atoms with Gasteiger partial charge in [-0.3, -0.25) is 9.59 Å². The lowest BCUT2D eigenvalue weighted by molar-refractivity contribution is -0.145. The van der Waals surface area contributed by atoms with Crippen LogP contribution in [0.5, 0.6) is 0 Å². The largest absolute Gasteiger partial charge is 0.481 e. The molecule has 1 heterocycles. The maximum atomic E-state index is 12.6. The minimum Gasteiger partial charge on any atom is -0.481 e. The molecule has 3 rings (SSSR count). The van der Waals surface area contributed by atoms with Crippen molar-refractivity contribution in [2.45, 2.75) is 44.4 Å². The average Bonchev–Trinajstić information content (AvgIpc) is 2.55. The minimum atomic E-state index is -0.777. The summed E-state index contributed by atoms with van der Waals surface area (Å²) in [6, 6.07) is 8.41. The van der Waals surface area contributed by atoms with Crippen LogP contribution in [0.1, 0.15) is 49.1 Å². The molecule has 1 amide bonds. The van der Waals surface area contributed by atoms with Crippen LogP contribution in [0.3, 0.4) is 0 Å². The van der Waals surface area contributed by atoms with Crippen molar-refractivity contribution < 1.29 is 14.7 Å². The van der Waals surface area contributed by atoms with Gasteiger partial charge in [-0.25, -0.2) is 0 Å². The van der Waals surface area contributed by atoms with E-state index < -0.39 is 11.9 Å². The first-order chi connectivity index (χ1) is 10.6. The van der Waals surface area contributed by atoms with E-state index in [0.29, 0.717) is 31.8 Å². The first-order valence-corrected chi connectivity index (χ1v) is 8.23. The molecule has 2 aliphatic rings. The molecule has 2 atom stereocenters. The maximum absolute atomic E-state index is 12.6. The summed E-state index contributed by atoms with van der Waals surface area (Å²) in [4.78, 5) is 25.5. The molecule has 1 saturated heterocycles. The van der Waals surface area contributed by atoms with Crippen LogP contribution in [0, 0.1) is 5.92 Å². The van der Waals surface area contributed by atoms with Crippen molar-refractivity contribution in [3.63, 3.8) is 0 Å². The Bertz CT molecular complexity index is 569. The topological polar surface area (TPSA) is 57.6 Å². The molecule has 1 fully saturated rings. The molecule has 0 aromatic heterocycles. The van der Waals surface area contributed by atoms with Crippen molar-refractivity contribution in [1.29, 1.82) is 0 Å². The third-order valence-electron chi connectivity index (χ3n) is 5.04. The van der Waals surface area contributed by atoms with Crippen LogP contribution in [-0.4, -0.2) is 35.0 Å². The Labute approximate surface area is 131 Å². The van der Waals surface area contributed by atoms with Gasteiger partial charge in [0, 0.05) is 19.5 Å². The molecule has 1 aliphatic heterocycles. The molecule has 1 unspecified atom stereocenters. The van der Waals surface area contributed by atoms with Gasteiger partial charge in [0.2, 0.25) is 5.91 Å². The lowest BCUT2D eigenvalue weighted by atomic mass is 9.81. The molecule has 118 valence electrons. The van der Waals surface area contributed by atoms with E-state index >= 15 is 0 Å². The maximum Gasteiger partial charge on any atom is 0.308 e. The molecule has 4 heteroatoms. The van der Waals surface area contributed by atoms with E-state index in [0.717, 1.165) is 25.7 Å². The van der Waals surface area contributed by atoms with Crippen molar-refractivity contribution in [3.8, 4) is 0 Å². The van der Waals surface area contributed by atoms with Crippen LogP contribution in [-0.2, 0) is 16.0 Å². The summed E-state index contributed by atoms with van der Waals surface area (Å²) in [5.41, 5.74) is 2.68. The fourth-order valence-electron chi connectivity index (χ4n) is 3.81. The van der Waals surface area contributed by atoms with Crippen LogP contribution >= 0.6 is 0 Å². The lowest BCUT2D eigenvalue weighted by Gasteiger charge is -2.33. The Morgan fingerprint density at radius 2 is 2.00 bits per heavy atom. The molecule has 4 nitrogen and oxygen atoms in total. The Balaban J connectivity index is 1.66. The van der Waals surface area contributed by atoms with Crippen molar-refractivity contribution >= 4 is 11.9 Å². The number of nitrogens with zero attached hydrogens (tertiary/aromatic N) is 1. The van der Waals surface area contributed by atoms with Gasteiger partial charge < -0.3 is 10.0 Å². The molecule has 22 heavy (non-hydrogen) atoms. The summed E-state index contributed by atoms with van der Waals surface area (Å²) in [6.07, 6.45) is 5.29. The quantitative estimate of drug-likeness (QED) is 0.934. The Morgan fingerprint density at radius 1 is 1.18 bits per heavy atom. The van der Waals surface area contributed by atoms with Crippen molar-refractivity contribution in [3.05, 3.63) is 35.4 Å². The smallest absolute Gasteiger partial charge is 0.308 e. The summed E-state index contributed by atoms with van der Waals surface area (Å²) in [7, 11) is 0. The second-order valence-corrected chi connectivity index (χ2v) is 6.51. The standard InChI is InChI=1S/C18H23NO3/c20-17(19-10-4-8-15(12-19)18(21)22)11-14-7-3-6-13-5-1-2-9-16(13)14/h1-2,5,9,14-15H,3-4,6-8,10-12H2,(H,21,22)/t14?,15-/m0/s1. The van der Waals surface area contributed by atoms with E-state index in [1.54, 1.807) is 4.90 Å². The second kappa shape index (κ2) is 6.51. The van der Waals surface area contributed by atoms with Gasteiger partial charge in [-0.1, -0.05) is 24.3 Å². The molecular formula is C18H23NO3. The lowest BCUT2D eigenvalue weighted by Crippen LogP contribution is -2.42. The number of carbonyl (C=O) groups excluding carboxylic acids is 1. The predicted molar refractivity (Wildman–Crippen MR) is 83.7 cm³/mol. The monoisotopic (exact) mass is 301 g/mol. The second-order valence-electron chi connectivity index (χ2n) is 6.51. The Kier molecular flexibility index (Phi) is 4.46. The number of aryl methyl sites for hydroxylation is 1. The molecule has 1 aliphatic carbocycles. The zero-order chi connectivity index (χ0) is 15.5. The minimum absolute atomic E-state index is 0.118. The van der Waals surface area contributed by atoms with Gasteiger partial charge >= 0.3 is 5.97 Å². The number of aliphatic carboxylic acids is 1. The van der Waals surface area contributed by atoms with Gasteiger partial charge in [-0.2, -0.15) is 0 Å². The van der Waals surface area contributed by atoms with E-state index in [9.17, 15) is 9.59 Å². The SMILES string of the molecule is O=C(O)[C@H]1CCCN(C(=O)CC2CCCc3ccccc32)C1. The number of carboxylic acids is 1. The Hall–Kier alpha value is -1.84. The molecule has 1 aromatic rings. The first-order valence-electron chi connectivity index (χ1n) is 8.23. The van der Waals surface area contributed by atoms with Crippen molar-refractivity contribution in [1.82, 2.24) is 4.90 Å². The number of benzene rings is 1. The third kappa shape index (κ3) is 3.16. The van der Waals surface area contributed by atoms with Gasteiger partial charge in [0.1, 0.15) is 0 Å². The number of carbonyl (C=O) groups is 2. The van der Waals surface area contributed by atoms with E-state index in [1.807, 2.05) is 6.07 Å². The summed E-state index contributed by atoms with van der Waals surface area (Å²) >= 11 is 0. The van der Waals surface area contributed by atoms with Gasteiger partial charge in [0.25, 0.3) is 0 Å². The van der Waals surface area contributed by atoms with Crippen molar-refractivity contribution in [2.24, 2.45) is 5.92 Å². The summed E-state index contributed by atoms with van der Waals surface area (Å²) in [6.45, 7) is 1.08. The van der Waals surface area contributed by atoms with Crippen LogP contribution in [0.4, 0.5) is 0 Å². The van der Waals surface area contributed by atoms with Crippen molar-refractivity contribution in [2.75, 3.05) is 13.1 Å². The number of amides is 1. The number of piperidine rings is 1. The molecule has 0 radical (unpaired) electrons. The van der Waals surface area contributed by atoms with Gasteiger partial charge in [0.15, 0.2) is 0 Å².